The van der Waals surface area contributed by atoms with Crippen molar-refractivity contribution in [1.82, 2.24) is 4.90 Å². The summed E-state index contributed by atoms with van der Waals surface area (Å²) >= 11 is 0. The number of hydrogen-bond donors (Lipinski definition) is 1. The lowest BCUT2D eigenvalue weighted by Crippen LogP contribution is -2.33. The van der Waals surface area contributed by atoms with Crippen LogP contribution in [-0.2, 0) is 6.54 Å². The molecule has 1 aromatic heterocycles. The maximum atomic E-state index is 13.1. The van der Waals surface area contributed by atoms with Gasteiger partial charge in [0.05, 0.1) is 11.1 Å². The molecule has 1 fully saturated rings. The van der Waals surface area contributed by atoms with Gasteiger partial charge >= 0.3 is 0 Å². The van der Waals surface area contributed by atoms with E-state index in [0.717, 1.165) is 36.0 Å². The Labute approximate surface area is 175 Å². The molecule has 0 bridgehead atoms. The Hall–Kier alpha value is -3.05. The molecule has 3 heterocycles. The van der Waals surface area contributed by atoms with Gasteiger partial charge in [-0.15, -0.1) is 0 Å². The van der Waals surface area contributed by atoms with Gasteiger partial charge in [0, 0.05) is 24.6 Å². The Kier molecular flexibility index (Phi) is 4.63. The molecular weight excluding hydrogens is 378 g/mol. The Morgan fingerprint density at radius 3 is 2.90 bits per heavy atom. The smallest absolute Gasteiger partial charge is 0.232 e. The van der Waals surface area contributed by atoms with Crippen LogP contribution in [0, 0.1) is 12.8 Å². The standard InChI is InChI=1S/C25H25NO4/c1-15-6-5-9-26(13-15)14-19-20(27)10-16(2)23-24(28)22(30-25(19)23)12-18-11-17-7-3-4-8-21(17)29-18/h3-4,7-8,10-12,15,27H,5-6,9,13-14H2,1-2H3/b22-12-/t15-/m1/s1. The number of aromatic hydroxyl groups is 1. The van der Waals surface area contributed by atoms with E-state index < -0.39 is 0 Å². The maximum Gasteiger partial charge on any atom is 0.232 e. The van der Waals surface area contributed by atoms with E-state index in [9.17, 15) is 9.90 Å². The predicted octanol–water partition coefficient (Wildman–Crippen LogP) is 5.29. The average Bonchev–Trinajstić information content (AvgIpc) is 3.26. The number of carbonyl (C=O) groups excluding carboxylic acids is 1. The number of phenols is 1. The number of carbonyl (C=O) groups is 1. The second-order valence-corrected chi connectivity index (χ2v) is 8.50. The number of hydrogen-bond acceptors (Lipinski definition) is 5. The monoisotopic (exact) mass is 403 g/mol. The predicted molar refractivity (Wildman–Crippen MR) is 116 cm³/mol. The van der Waals surface area contributed by atoms with Crippen molar-refractivity contribution in [2.75, 3.05) is 13.1 Å². The average molecular weight is 403 g/mol. The van der Waals surface area contributed by atoms with Crippen LogP contribution < -0.4 is 4.74 Å². The van der Waals surface area contributed by atoms with Crippen LogP contribution in [0.15, 0.2) is 46.6 Å². The fourth-order valence-corrected chi connectivity index (χ4v) is 4.59. The number of piperidine rings is 1. The summed E-state index contributed by atoms with van der Waals surface area (Å²) in [7, 11) is 0. The number of rotatable bonds is 3. The number of ketones is 1. The Morgan fingerprint density at radius 2 is 2.10 bits per heavy atom. The normalized spacial score (nSPS) is 20.7. The summed E-state index contributed by atoms with van der Waals surface area (Å²) < 4.78 is 11.9. The summed E-state index contributed by atoms with van der Waals surface area (Å²) in [4.78, 5) is 15.4. The molecule has 30 heavy (non-hydrogen) atoms. The van der Waals surface area contributed by atoms with E-state index in [2.05, 4.69) is 11.8 Å². The van der Waals surface area contributed by atoms with Gasteiger partial charge in [0.2, 0.25) is 5.78 Å². The third kappa shape index (κ3) is 3.29. The van der Waals surface area contributed by atoms with Gasteiger partial charge < -0.3 is 14.3 Å². The van der Waals surface area contributed by atoms with E-state index in [1.54, 1.807) is 12.1 Å². The number of nitrogens with zero attached hydrogens (tertiary/aromatic N) is 1. The summed E-state index contributed by atoms with van der Waals surface area (Å²) in [5.41, 5.74) is 2.71. The summed E-state index contributed by atoms with van der Waals surface area (Å²) in [6.45, 7) is 6.63. The van der Waals surface area contributed by atoms with E-state index in [4.69, 9.17) is 9.15 Å². The third-order valence-corrected chi connectivity index (χ3v) is 6.06. The number of phenolic OH excluding ortho intramolecular Hbond substituents is 1. The van der Waals surface area contributed by atoms with E-state index >= 15 is 0 Å². The number of para-hydroxylation sites is 1. The first-order valence-corrected chi connectivity index (χ1v) is 10.5. The van der Waals surface area contributed by atoms with Crippen molar-refractivity contribution in [2.45, 2.75) is 33.2 Å². The first-order chi connectivity index (χ1) is 14.5. The van der Waals surface area contributed by atoms with Crippen LogP contribution in [0.4, 0.5) is 0 Å². The number of aryl methyl sites for hydroxylation is 1. The fraction of sp³-hybridized carbons (Fsp3) is 0.320. The highest BCUT2D eigenvalue weighted by Gasteiger charge is 2.34. The molecule has 0 unspecified atom stereocenters. The van der Waals surface area contributed by atoms with Gasteiger partial charge in [-0.3, -0.25) is 9.69 Å². The van der Waals surface area contributed by atoms with E-state index in [-0.39, 0.29) is 17.3 Å². The molecule has 0 spiro atoms. The van der Waals surface area contributed by atoms with Crippen LogP contribution in [0.5, 0.6) is 11.5 Å². The topological polar surface area (TPSA) is 62.9 Å². The van der Waals surface area contributed by atoms with Gasteiger partial charge in [-0.2, -0.15) is 0 Å². The van der Waals surface area contributed by atoms with Gasteiger partial charge in [-0.1, -0.05) is 25.1 Å². The molecule has 0 amide bonds. The number of benzene rings is 2. The van der Waals surface area contributed by atoms with Crippen molar-refractivity contribution in [3.8, 4) is 11.5 Å². The summed E-state index contributed by atoms with van der Waals surface area (Å²) in [5.74, 6) is 1.92. The van der Waals surface area contributed by atoms with E-state index in [1.165, 1.54) is 6.42 Å². The van der Waals surface area contributed by atoms with Crippen LogP contribution in [0.2, 0.25) is 0 Å². The number of fused-ring (bicyclic) bond motifs is 2. The molecule has 5 heteroatoms. The Balaban J connectivity index is 1.50. The van der Waals surface area contributed by atoms with Crippen LogP contribution >= 0.6 is 0 Å². The number of Topliss-reactive ketones (excluding diaryl/α,β-unsaturated/α-hetero) is 1. The number of allylic oxidation sites excluding steroid dienone is 1. The van der Waals surface area contributed by atoms with E-state index in [1.807, 2.05) is 37.3 Å². The molecule has 2 aliphatic heterocycles. The molecule has 2 aliphatic rings. The van der Waals surface area contributed by atoms with Crippen LogP contribution in [0.25, 0.3) is 17.0 Å². The third-order valence-electron chi connectivity index (χ3n) is 6.06. The molecule has 0 aliphatic carbocycles. The molecule has 0 radical (unpaired) electrons. The summed E-state index contributed by atoms with van der Waals surface area (Å²) in [6, 6.07) is 11.3. The molecule has 1 N–H and O–H groups in total. The molecular formula is C25H25NO4. The van der Waals surface area contributed by atoms with Crippen molar-refractivity contribution in [3.63, 3.8) is 0 Å². The molecule has 0 saturated carbocycles. The van der Waals surface area contributed by atoms with Gasteiger partial charge in [0.1, 0.15) is 22.8 Å². The largest absolute Gasteiger partial charge is 0.507 e. The highest BCUT2D eigenvalue weighted by Crippen LogP contribution is 2.42. The first-order valence-electron chi connectivity index (χ1n) is 10.5. The van der Waals surface area contributed by atoms with Crippen LogP contribution in [0.3, 0.4) is 0 Å². The van der Waals surface area contributed by atoms with Gasteiger partial charge in [0.25, 0.3) is 0 Å². The van der Waals surface area contributed by atoms with Crippen LogP contribution in [-0.4, -0.2) is 28.9 Å². The lowest BCUT2D eigenvalue weighted by molar-refractivity contribution is 0.101. The minimum Gasteiger partial charge on any atom is -0.507 e. The van der Waals surface area contributed by atoms with Crippen LogP contribution in [0.1, 0.15) is 47.0 Å². The first kappa shape index (κ1) is 18.9. The number of likely N-dealkylation sites (tertiary alicyclic amines) is 1. The lowest BCUT2D eigenvalue weighted by Gasteiger charge is -2.31. The van der Waals surface area contributed by atoms with Crippen molar-refractivity contribution >= 4 is 22.8 Å². The molecule has 5 nitrogen and oxygen atoms in total. The molecule has 1 atom stereocenters. The minimum atomic E-state index is -0.170. The van der Waals surface area contributed by atoms with Gasteiger partial charge in [-0.25, -0.2) is 0 Å². The highest BCUT2D eigenvalue weighted by molar-refractivity contribution is 6.15. The Bertz CT molecular complexity index is 1140. The maximum absolute atomic E-state index is 13.1. The molecule has 3 aromatic rings. The van der Waals surface area contributed by atoms with E-state index in [0.29, 0.717) is 35.1 Å². The van der Waals surface area contributed by atoms with Gasteiger partial charge in [-0.05, 0) is 56.0 Å². The second-order valence-electron chi connectivity index (χ2n) is 8.50. The SMILES string of the molecule is Cc1cc(O)c(CN2CCC[C@@H](C)C2)c2c1C(=O)/C(=C/c1cc3ccccc3o1)O2. The molecule has 154 valence electrons. The van der Waals surface area contributed by atoms with Crippen molar-refractivity contribution in [2.24, 2.45) is 5.92 Å². The zero-order valence-electron chi connectivity index (χ0n) is 17.3. The quantitative estimate of drug-likeness (QED) is 0.602. The number of ether oxygens (including phenoxy) is 1. The second kappa shape index (κ2) is 7.33. The van der Waals surface area contributed by atoms with Gasteiger partial charge in [0.15, 0.2) is 5.76 Å². The zero-order valence-corrected chi connectivity index (χ0v) is 17.3. The Morgan fingerprint density at radius 1 is 1.27 bits per heavy atom. The molecule has 1 saturated heterocycles. The number of furan rings is 1. The summed E-state index contributed by atoms with van der Waals surface area (Å²) in [5, 5.41) is 11.6. The minimum absolute atomic E-state index is 0.170. The highest BCUT2D eigenvalue weighted by atomic mass is 16.5. The zero-order chi connectivity index (χ0) is 20.8. The van der Waals surface area contributed by atoms with Crippen molar-refractivity contribution < 1.29 is 19.1 Å². The van der Waals surface area contributed by atoms with Crippen molar-refractivity contribution in [1.29, 1.82) is 0 Å². The molecule has 5 rings (SSSR count). The lowest BCUT2D eigenvalue weighted by atomic mass is 9.97. The molecule has 2 aromatic carbocycles. The van der Waals surface area contributed by atoms with Crippen molar-refractivity contribution in [3.05, 3.63) is 64.6 Å². The summed E-state index contributed by atoms with van der Waals surface area (Å²) in [6.07, 6.45) is 4.02. The fourth-order valence-electron chi connectivity index (χ4n) is 4.59.